The van der Waals surface area contributed by atoms with E-state index >= 15 is 0 Å². The van der Waals surface area contributed by atoms with Gasteiger partial charge in [-0.3, -0.25) is 0 Å². The molecule has 0 aliphatic heterocycles. The summed E-state index contributed by atoms with van der Waals surface area (Å²) in [7, 11) is 0. The summed E-state index contributed by atoms with van der Waals surface area (Å²) in [5.41, 5.74) is 0.268. The van der Waals surface area contributed by atoms with Gasteiger partial charge in [0.1, 0.15) is 0 Å². The Kier molecular flexibility index (Phi) is 5.59. The molecule has 19 heavy (non-hydrogen) atoms. The lowest BCUT2D eigenvalue weighted by atomic mass is 10.3. The van der Waals surface area contributed by atoms with Gasteiger partial charge in [-0.15, -0.1) is 0 Å². The van der Waals surface area contributed by atoms with Gasteiger partial charge in [-0.05, 0) is 19.4 Å². The molecule has 0 radical (unpaired) electrons. The van der Waals surface area contributed by atoms with Crippen molar-refractivity contribution >= 4 is 5.97 Å². The Bertz CT molecular complexity index is 404. The number of ether oxygens (including phenoxy) is 2. The number of hydrogen-bond acceptors (Lipinski definition) is 4. The van der Waals surface area contributed by atoms with Crippen LogP contribution in [0.5, 0.6) is 5.88 Å². The van der Waals surface area contributed by atoms with Crippen LogP contribution in [0.2, 0.25) is 0 Å². The first-order chi connectivity index (χ1) is 8.92. The Morgan fingerprint density at radius 3 is 2.63 bits per heavy atom. The summed E-state index contributed by atoms with van der Waals surface area (Å²) < 4.78 is 45.4. The summed E-state index contributed by atoms with van der Waals surface area (Å²) in [6, 6.07) is 2.87. The fourth-order valence-electron chi connectivity index (χ4n) is 1.25. The average molecular weight is 277 g/mol. The summed E-state index contributed by atoms with van der Waals surface area (Å²) in [5.74, 6) is -0.325. The van der Waals surface area contributed by atoms with Gasteiger partial charge in [0, 0.05) is 18.7 Å². The van der Waals surface area contributed by atoms with Gasteiger partial charge in [0.15, 0.2) is 0 Å². The lowest BCUT2D eigenvalue weighted by molar-refractivity contribution is -0.136. The molecule has 0 unspecified atom stereocenters. The largest absolute Gasteiger partial charge is 0.478 e. The normalized spacial score (nSPS) is 11.2. The van der Waals surface area contributed by atoms with Gasteiger partial charge >= 0.3 is 12.1 Å². The number of alkyl halides is 3. The number of aromatic nitrogens is 1. The Morgan fingerprint density at radius 2 is 2.11 bits per heavy atom. The topological polar surface area (TPSA) is 48.4 Å². The highest BCUT2D eigenvalue weighted by molar-refractivity contribution is 5.89. The van der Waals surface area contributed by atoms with E-state index in [9.17, 15) is 18.0 Å². The SMILES string of the molecule is CCOC(=O)c1ccc(OCCCC(F)(F)F)nc1. The molecule has 0 saturated heterocycles. The number of pyridine rings is 1. The van der Waals surface area contributed by atoms with Crippen LogP contribution in [-0.2, 0) is 4.74 Å². The highest BCUT2D eigenvalue weighted by Gasteiger charge is 2.26. The van der Waals surface area contributed by atoms with Crippen LogP contribution >= 0.6 is 0 Å². The van der Waals surface area contributed by atoms with E-state index in [-0.39, 0.29) is 31.1 Å². The van der Waals surface area contributed by atoms with E-state index in [2.05, 4.69) is 4.98 Å². The minimum Gasteiger partial charge on any atom is -0.478 e. The van der Waals surface area contributed by atoms with Gasteiger partial charge in [0.2, 0.25) is 5.88 Å². The van der Waals surface area contributed by atoms with Gasteiger partial charge in [-0.1, -0.05) is 0 Å². The van der Waals surface area contributed by atoms with E-state index in [1.165, 1.54) is 18.3 Å². The molecule has 0 fully saturated rings. The first kappa shape index (κ1) is 15.3. The van der Waals surface area contributed by atoms with Gasteiger partial charge in [-0.25, -0.2) is 9.78 Å². The molecule has 0 amide bonds. The van der Waals surface area contributed by atoms with Crippen LogP contribution in [0.4, 0.5) is 13.2 Å². The molecule has 0 N–H and O–H groups in total. The van der Waals surface area contributed by atoms with Crippen molar-refractivity contribution in [1.29, 1.82) is 0 Å². The van der Waals surface area contributed by atoms with E-state index < -0.39 is 18.6 Å². The molecule has 0 spiro atoms. The van der Waals surface area contributed by atoms with Crippen molar-refractivity contribution < 1.29 is 27.4 Å². The van der Waals surface area contributed by atoms with Crippen LogP contribution in [0.1, 0.15) is 30.1 Å². The molecular weight excluding hydrogens is 263 g/mol. The molecule has 4 nitrogen and oxygen atoms in total. The molecule has 0 atom stereocenters. The lowest BCUT2D eigenvalue weighted by Crippen LogP contribution is -2.10. The van der Waals surface area contributed by atoms with Crippen LogP contribution in [0.15, 0.2) is 18.3 Å². The predicted octanol–water partition coefficient (Wildman–Crippen LogP) is 2.98. The van der Waals surface area contributed by atoms with Crippen LogP contribution in [0, 0.1) is 0 Å². The van der Waals surface area contributed by atoms with Crippen molar-refractivity contribution in [2.75, 3.05) is 13.2 Å². The fourth-order valence-corrected chi connectivity index (χ4v) is 1.25. The van der Waals surface area contributed by atoms with Gasteiger partial charge in [0.05, 0.1) is 18.8 Å². The minimum atomic E-state index is -4.18. The van der Waals surface area contributed by atoms with Crippen molar-refractivity contribution in [2.45, 2.75) is 25.9 Å². The van der Waals surface area contributed by atoms with E-state index in [1.807, 2.05) is 0 Å². The van der Waals surface area contributed by atoms with Crippen LogP contribution < -0.4 is 4.74 Å². The Morgan fingerprint density at radius 1 is 1.37 bits per heavy atom. The summed E-state index contributed by atoms with van der Waals surface area (Å²) in [4.78, 5) is 15.1. The first-order valence-electron chi connectivity index (χ1n) is 5.75. The summed E-state index contributed by atoms with van der Waals surface area (Å²) in [6.07, 6.45) is -3.94. The highest BCUT2D eigenvalue weighted by Crippen LogP contribution is 2.21. The number of esters is 1. The molecule has 1 aromatic rings. The summed E-state index contributed by atoms with van der Waals surface area (Å²) >= 11 is 0. The minimum absolute atomic E-state index is 0.0781. The number of halogens is 3. The fraction of sp³-hybridized carbons (Fsp3) is 0.500. The number of hydrogen-bond donors (Lipinski definition) is 0. The first-order valence-corrected chi connectivity index (χ1v) is 5.75. The maximum atomic E-state index is 11.9. The predicted molar refractivity (Wildman–Crippen MR) is 61.0 cm³/mol. The zero-order chi connectivity index (χ0) is 14.3. The van der Waals surface area contributed by atoms with Crippen molar-refractivity contribution in [1.82, 2.24) is 4.98 Å². The van der Waals surface area contributed by atoms with Crippen molar-refractivity contribution in [3.63, 3.8) is 0 Å². The Balaban J connectivity index is 2.38. The van der Waals surface area contributed by atoms with Gasteiger partial charge < -0.3 is 9.47 Å². The van der Waals surface area contributed by atoms with E-state index in [0.29, 0.717) is 0 Å². The number of carbonyl (C=O) groups excluding carboxylic acids is 1. The van der Waals surface area contributed by atoms with E-state index in [0.717, 1.165) is 0 Å². The molecule has 1 heterocycles. The Labute approximate surface area is 108 Å². The second-order valence-corrected chi connectivity index (χ2v) is 3.67. The van der Waals surface area contributed by atoms with Crippen molar-refractivity contribution in [3.8, 4) is 5.88 Å². The maximum Gasteiger partial charge on any atom is 0.389 e. The monoisotopic (exact) mass is 277 g/mol. The highest BCUT2D eigenvalue weighted by atomic mass is 19.4. The molecule has 106 valence electrons. The number of carbonyl (C=O) groups is 1. The van der Waals surface area contributed by atoms with Crippen molar-refractivity contribution in [3.05, 3.63) is 23.9 Å². The molecule has 1 aromatic heterocycles. The molecule has 1 rings (SSSR count). The second kappa shape index (κ2) is 6.96. The zero-order valence-corrected chi connectivity index (χ0v) is 10.4. The standard InChI is InChI=1S/C12H14F3NO3/c1-2-18-11(17)9-4-5-10(16-8-9)19-7-3-6-12(13,14)15/h4-5,8H,2-3,6-7H2,1H3. The number of nitrogens with zero attached hydrogens (tertiary/aromatic N) is 1. The van der Waals surface area contributed by atoms with Crippen LogP contribution in [0.25, 0.3) is 0 Å². The molecule has 7 heteroatoms. The zero-order valence-electron chi connectivity index (χ0n) is 10.4. The van der Waals surface area contributed by atoms with E-state index in [1.54, 1.807) is 6.92 Å². The van der Waals surface area contributed by atoms with Crippen LogP contribution in [-0.4, -0.2) is 30.3 Å². The van der Waals surface area contributed by atoms with Gasteiger partial charge in [-0.2, -0.15) is 13.2 Å². The third-order valence-electron chi connectivity index (χ3n) is 2.10. The smallest absolute Gasteiger partial charge is 0.389 e. The molecule has 0 bridgehead atoms. The van der Waals surface area contributed by atoms with Crippen LogP contribution in [0.3, 0.4) is 0 Å². The quantitative estimate of drug-likeness (QED) is 0.592. The maximum absolute atomic E-state index is 11.9. The lowest BCUT2D eigenvalue weighted by Gasteiger charge is -2.07. The summed E-state index contributed by atoms with van der Waals surface area (Å²) in [6.45, 7) is 1.86. The molecular formula is C12H14F3NO3. The van der Waals surface area contributed by atoms with E-state index in [4.69, 9.17) is 9.47 Å². The third-order valence-corrected chi connectivity index (χ3v) is 2.10. The van der Waals surface area contributed by atoms with Gasteiger partial charge in [0.25, 0.3) is 0 Å². The molecule has 0 aliphatic carbocycles. The second-order valence-electron chi connectivity index (χ2n) is 3.67. The Hall–Kier alpha value is -1.79. The molecule has 0 aromatic carbocycles. The molecule has 0 saturated carbocycles. The third kappa shape index (κ3) is 6.08. The summed E-state index contributed by atoms with van der Waals surface area (Å²) in [5, 5.41) is 0. The number of rotatable bonds is 6. The molecule has 0 aliphatic rings. The average Bonchev–Trinajstić information content (AvgIpc) is 2.34. The van der Waals surface area contributed by atoms with Crippen molar-refractivity contribution in [2.24, 2.45) is 0 Å².